The summed E-state index contributed by atoms with van der Waals surface area (Å²) in [5.74, 6) is -2.35. The van der Waals surface area contributed by atoms with Crippen LogP contribution in [-0.2, 0) is 26.2 Å². The Kier molecular flexibility index (Phi) is 9.22. The molecule has 0 saturated carbocycles. The lowest BCUT2D eigenvalue weighted by Gasteiger charge is -2.32. The molecule has 3 aromatic rings. The van der Waals surface area contributed by atoms with Gasteiger partial charge < -0.3 is 10.2 Å². The predicted octanol–water partition coefficient (Wildman–Crippen LogP) is 4.41. The minimum Gasteiger partial charge on any atom is -0.352 e. The molecule has 0 aliphatic carbocycles. The van der Waals surface area contributed by atoms with Gasteiger partial charge in [-0.15, -0.1) is 0 Å². The quantitative estimate of drug-likeness (QED) is 0.411. The lowest BCUT2D eigenvalue weighted by atomic mass is 10.1. The van der Waals surface area contributed by atoms with Crippen molar-refractivity contribution in [2.24, 2.45) is 0 Å². The number of anilines is 1. The first-order valence-electron chi connectivity index (χ1n) is 12.1. The van der Waals surface area contributed by atoms with Crippen molar-refractivity contribution < 1.29 is 26.8 Å². The molecule has 0 heterocycles. The van der Waals surface area contributed by atoms with E-state index in [1.165, 1.54) is 49.4 Å². The molecule has 38 heavy (non-hydrogen) atoms. The van der Waals surface area contributed by atoms with Crippen molar-refractivity contribution in [2.45, 2.75) is 51.2 Å². The average molecular weight is 544 g/mol. The standard InChI is InChI=1S/C28H31F2N3O4S/c1-19(2)31-28(35)21(4)32(17-22-7-5-6-8-26(22)30)27(34)18-33(24-13-11-23(29)12-14-24)38(36,37)25-15-9-20(3)10-16-25/h5-16,19,21H,17-18H2,1-4H3,(H,31,35). The van der Waals surface area contributed by atoms with Gasteiger partial charge in [0.2, 0.25) is 11.8 Å². The fourth-order valence-electron chi connectivity index (χ4n) is 3.77. The largest absolute Gasteiger partial charge is 0.352 e. The maximum atomic E-state index is 14.5. The number of nitrogens with one attached hydrogen (secondary N) is 1. The van der Waals surface area contributed by atoms with Gasteiger partial charge in [-0.2, -0.15) is 0 Å². The second-order valence-corrected chi connectivity index (χ2v) is 11.1. The molecule has 3 aromatic carbocycles. The van der Waals surface area contributed by atoms with Crippen molar-refractivity contribution in [3.05, 3.63) is 95.6 Å². The highest BCUT2D eigenvalue weighted by Gasteiger charge is 2.33. The summed E-state index contributed by atoms with van der Waals surface area (Å²) in [5, 5.41) is 2.73. The minimum atomic E-state index is -4.27. The van der Waals surface area contributed by atoms with Gasteiger partial charge in [0.25, 0.3) is 10.0 Å². The molecule has 3 rings (SSSR count). The van der Waals surface area contributed by atoms with Crippen LogP contribution in [0.2, 0.25) is 0 Å². The Morgan fingerprint density at radius 3 is 2.08 bits per heavy atom. The summed E-state index contributed by atoms with van der Waals surface area (Å²) < 4.78 is 56.4. The van der Waals surface area contributed by atoms with Crippen LogP contribution in [-0.4, -0.2) is 43.8 Å². The summed E-state index contributed by atoms with van der Waals surface area (Å²) in [6, 6.07) is 15.4. The molecule has 0 saturated heterocycles. The van der Waals surface area contributed by atoms with Crippen molar-refractivity contribution >= 4 is 27.5 Å². The molecular formula is C28H31F2N3O4S. The van der Waals surface area contributed by atoms with Gasteiger partial charge in [-0.1, -0.05) is 35.9 Å². The summed E-state index contributed by atoms with van der Waals surface area (Å²) >= 11 is 0. The van der Waals surface area contributed by atoms with Crippen LogP contribution in [0.15, 0.2) is 77.7 Å². The molecule has 10 heteroatoms. The van der Waals surface area contributed by atoms with Gasteiger partial charge in [0, 0.05) is 18.2 Å². The zero-order valence-corrected chi connectivity index (χ0v) is 22.5. The molecule has 202 valence electrons. The van der Waals surface area contributed by atoms with Crippen LogP contribution in [0.3, 0.4) is 0 Å². The van der Waals surface area contributed by atoms with Crippen molar-refractivity contribution in [1.82, 2.24) is 10.2 Å². The molecule has 2 amide bonds. The highest BCUT2D eigenvalue weighted by Crippen LogP contribution is 2.25. The second-order valence-electron chi connectivity index (χ2n) is 9.25. The van der Waals surface area contributed by atoms with E-state index in [1.54, 1.807) is 32.0 Å². The Labute approximate surface area is 222 Å². The van der Waals surface area contributed by atoms with Crippen molar-refractivity contribution in [2.75, 3.05) is 10.8 Å². The molecule has 0 spiro atoms. The van der Waals surface area contributed by atoms with Gasteiger partial charge in [-0.25, -0.2) is 17.2 Å². The SMILES string of the molecule is Cc1ccc(S(=O)(=O)N(CC(=O)N(Cc2ccccc2F)C(C)C(=O)NC(C)C)c2ccc(F)cc2)cc1. The molecule has 0 bridgehead atoms. The van der Waals surface area contributed by atoms with Crippen molar-refractivity contribution in [1.29, 1.82) is 0 Å². The molecule has 0 aliphatic rings. The van der Waals surface area contributed by atoms with Gasteiger partial charge in [-0.3, -0.25) is 13.9 Å². The topological polar surface area (TPSA) is 86.8 Å². The van der Waals surface area contributed by atoms with Crippen LogP contribution in [0.1, 0.15) is 31.9 Å². The smallest absolute Gasteiger partial charge is 0.264 e. The summed E-state index contributed by atoms with van der Waals surface area (Å²) in [4.78, 5) is 27.6. The summed E-state index contributed by atoms with van der Waals surface area (Å²) in [7, 11) is -4.27. The van der Waals surface area contributed by atoms with Gasteiger partial charge in [0.1, 0.15) is 24.2 Å². The summed E-state index contributed by atoms with van der Waals surface area (Å²) in [6.45, 7) is 5.86. The third-order valence-electron chi connectivity index (χ3n) is 5.90. The number of halogens is 2. The zero-order chi connectivity index (χ0) is 28.0. The Balaban J connectivity index is 2.03. The first-order chi connectivity index (χ1) is 17.9. The maximum Gasteiger partial charge on any atom is 0.264 e. The average Bonchev–Trinajstić information content (AvgIpc) is 2.86. The van der Waals surface area contributed by atoms with E-state index in [1.807, 2.05) is 6.92 Å². The number of carbonyl (C=O) groups is 2. The number of hydrogen-bond acceptors (Lipinski definition) is 4. The van der Waals surface area contributed by atoms with Gasteiger partial charge in [0.05, 0.1) is 10.6 Å². The number of hydrogen-bond donors (Lipinski definition) is 1. The van der Waals surface area contributed by atoms with E-state index in [2.05, 4.69) is 5.32 Å². The highest BCUT2D eigenvalue weighted by molar-refractivity contribution is 7.92. The third kappa shape index (κ3) is 6.95. The van der Waals surface area contributed by atoms with Crippen molar-refractivity contribution in [3.8, 4) is 0 Å². The van der Waals surface area contributed by atoms with E-state index in [9.17, 15) is 26.8 Å². The fraction of sp³-hybridized carbons (Fsp3) is 0.286. The van der Waals surface area contributed by atoms with Crippen LogP contribution in [0, 0.1) is 18.6 Å². The van der Waals surface area contributed by atoms with Gasteiger partial charge in [-0.05, 0) is 70.2 Å². The molecular weight excluding hydrogens is 512 g/mol. The lowest BCUT2D eigenvalue weighted by Crippen LogP contribution is -2.52. The number of sulfonamides is 1. The van der Waals surface area contributed by atoms with Crippen LogP contribution < -0.4 is 9.62 Å². The van der Waals surface area contributed by atoms with E-state index >= 15 is 0 Å². The molecule has 0 radical (unpaired) electrons. The monoisotopic (exact) mass is 543 g/mol. The Morgan fingerprint density at radius 2 is 1.50 bits per heavy atom. The van der Waals surface area contributed by atoms with E-state index in [0.717, 1.165) is 26.9 Å². The third-order valence-corrected chi connectivity index (χ3v) is 7.69. The van der Waals surface area contributed by atoms with E-state index in [-0.39, 0.29) is 28.7 Å². The molecule has 0 aromatic heterocycles. The number of carbonyl (C=O) groups excluding carboxylic acids is 2. The molecule has 1 N–H and O–H groups in total. The van der Waals surface area contributed by atoms with E-state index in [0.29, 0.717) is 0 Å². The normalized spacial score (nSPS) is 12.2. The number of benzene rings is 3. The van der Waals surface area contributed by atoms with Crippen LogP contribution in [0.25, 0.3) is 0 Å². The Bertz CT molecular complexity index is 1380. The van der Waals surface area contributed by atoms with Gasteiger partial charge >= 0.3 is 0 Å². The number of rotatable bonds is 10. The van der Waals surface area contributed by atoms with Crippen LogP contribution in [0.4, 0.5) is 14.5 Å². The second kappa shape index (κ2) is 12.2. The number of amides is 2. The lowest BCUT2D eigenvalue weighted by molar-refractivity contribution is -0.139. The number of aryl methyl sites for hydroxylation is 1. The van der Waals surface area contributed by atoms with Crippen LogP contribution >= 0.6 is 0 Å². The maximum absolute atomic E-state index is 14.5. The molecule has 1 atom stereocenters. The van der Waals surface area contributed by atoms with Gasteiger partial charge in [0.15, 0.2) is 0 Å². The van der Waals surface area contributed by atoms with E-state index < -0.39 is 46.1 Å². The summed E-state index contributed by atoms with van der Waals surface area (Å²) in [6.07, 6.45) is 0. The van der Waals surface area contributed by atoms with E-state index in [4.69, 9.17) is 0 Å². The fourth-order valence-corrected chi connectivity index (χ4v) is 5.19. The molecule has 0 aliphatic heterocycles. The molecule has 1 unspecified atom stereocenters. The molecule has 0 fully saturated rings. The van der Waals surface area contributed by atoms with Crippen molar-refractivity contribution in [3.63, 3.8) is 0 Å². The predicted molar refractivity (Wildman–Crippen MR) is 142 cm³/mol. The highest BCUT2D eigenvalue weighted by atomic mass is 32.2. The zero-order valence-electron chi connectivity index (χ0n) is 21.7. The first kappa shape index (κ1) is 28.8. The molecule has 7 nitrogen and oxygen atoms in total. The Morgan fingerprint density at radius 1 is 0.895 bits per heavy atom. The minimum absolute atomic E-state index is 0.0606. The van der Waals surface area contributed by atoms with Crippen LogP contribution in [0.5, 0.6) is 0 Å². The summed E-state index contributed by atoms with van der Waals surface area (Å²) in [5.41, 5.74) is 1.07. The Hall–Kier alpha value is -3.79. The first-order valence-corrected chi connectivity index (χ1v) is 13.5. The number of nitrogens with zero attached hydrogens (tertiary/aromatic N) is 2.